The van der Waals surface area contributed by atoms with Crippen molar-refractivity contribution in [2.24, 2.45) is 5.73 Å². The lowest BCUT2D eigenvalue weighted by molar-refractivity contribution is -0.118. The van der Waals surface area contributed by atoms with Gasteiger partial charge in [-0.15, -0.1) is 0 Å². The van der Waals surface area contributed by atoms with E-state index in [1.54, 1.807) is 0 Å². The minimum absolute atomic E-state index is 0.122. The molecule has 0 unspecified atom stereocenters. The quantitative estimate of drug-likeness (QED) is 0.767. The molecule has 0 bridgehead atoms. The summed E-state index contributed by atoms with van der Waals surface area (Å²) in [6, 6.07) is 2.64. The van der Waals surface area contributed by atoms with Crippen molar-refractivity contribution in [1.82, 2.24) is 4.90 Å². The van der Waals surface area contributed by atoms with Gasteiger partial charge < -0.3 is 5.73 Å². The molecule has 0 aliphatic rings. The number of benzene rings is 1. The van der Waals surface area contributed by atoms with Crippen LogP contribution in [-0.4, -0.2) is 36.7 Å². The Labute approximate surface area is 97.0 Å². The van der Waals surface area contributed by atoms with Crippen LogP contribution in [0.15, 0.2) is 18.2 Å². The van der Waals surface area contributed by atoms with Crippen LogP contribution in [0.1, 0.15) is 10.4 Å². The molecular formula is C11H12F2N2O2. The molecule has 1 aromatic carbocycles. The number of amides is 1. The first-order valence-electron chi connectivity index (χ1n) is 4.85. The zero-order valence-corrected chi connectivity index (χ0v) is 9.24. The first-order chi connectivity index (χ1) is 7.90. The molecule has 0 saturated heterocycles. The highest BCUT2D eigenvalue weighted by molar-refractivity contribution is 5.98. The lowest BCUT2D eigenvalue weighted by Gasteiger charge is -2.13. The van der Waals surface area contributed by atoms with Crippen LogP contribution in [0.5, 0.6) is 0 Å². The largest absolute Gasteiger partial charge is 0.369 e. The summed E-state index contributed by atoms with van der Waals surface area (Å²) in [7, 11) is 1.49. The van der Waals surface area contributed by atoms with E-state index in [0.717, 1.165) is 18.2 Å². The van der Waals surface area contributed by atoms with E-state index in [1.807, 2.05) is 0 Å². The topological polar surface area (TPSA) is 63.4 Å². The van der Waals surface area contributed by atoms with Crippen molar-refractivity contribution in [2.75, 3.05) is 20.1 Å². The SMILES string of the molecule is CN(CC(N)=O)CC(=O)c1cc(F)ccc1F. The summed E-state index contributed by atoms with van der Waals surface area (Å²) in [6.07, 6.45) is 0. The van der Waals surface area contributed by atoms with E-state index in [-0.39, 0.29) is 18.7 Å². The summed E-state index contributed by atoms with van der Waals surface area (Å²) in [4.78, 5) is 23.5. The van der Waals surface area contributed by atoms with Crippen molar-refractivity contribution < 1.29 is 18.4 Å². The molecule has 0 saturated carbocycles. The average molecular weight is 242 g/mol. The molecule has 1 rings (SSSR count). The highest BCUT2D eigenvalue weighted by Gasteiger charge is 2.15. The van der Waals surface area contributed by atoms with Crippen molar-refractivity contribution in [2.45, 2.75) is 0 Å². The van der Waals surface area contributed by atoms with E-state index in [4.69, 9.17) is 5.73 Å². The summed E-state index contributed by atoms with van der Waals surface area (Å²) in [5.74, 6) is -2.68. The van der Waals surface area contributed by atoms with Gasteiger partial charge >= 0.3 is 0 Å². The van der Waals surface area contributed by atoms with E-state index in [0.29, 0.717) is 0 Å². The normalized spacial score (nSPS) is 10.6. The summed E-state index contributed by atoms with van der Waals surface area (Å²) in [6.45, 7) is -0.327. The van der Waals surface area contributed by atoms with Gasteiger partial charge in [0.15, 0.2) is 5.78 Å². The third-order valence-corrected chi connectivity index (χ3v) is 2.07. The van der Waals surface area contributed by atoms with Gasteiger partial charge in [-0.25, -0.2) is 8.78 Å². The molecule has 4 nitrogen and oxygen atoms in total. The fourth-order valence-corrected chi connectivity index (χ4v) is 1.36. The number of nitrogens with two attached hydrogens (primary N) is 1. The summed E-state index contributed by atoms with van der Waals surface area (Å²) < 4.78 is 26.1. The Morgan fingerprint density at radius 2 is 1.94 bits per heavy atom. The number of hydrogen-bond acceptors (Lipinski definition) is 3. The van der Waals surface area contributed by atoms with Crippen LogP contribution < -0.4 is 5.73 Å². The van der Waals surface area contributed by atoms with Gasteiger partial charge in [-0.3, -0.25) is 14.5 Å². The number of carbonyl (C=O) groups is 2. The van der Waals surface area contributed by atoms with Crippen LogP contribution in [0.4, 0.5) is 8.78 Å². The van der Waals surface area contributed by atoms with Gasteiger partial charge in [0.25, 0.3) is 0 Å². The lowest BCUT2D eigenvalue weighted by Crippen LogP contribution is -2.34. The number of likely N-dealkylation sites (N-methyl/N-ethyl adjacent to an activating group) is 1. The van der Waals surface area contributed by atoms with Crippen LogP contribution in [0.3, 0.4) is 0 Å². The summed E-state index contributed by atoms with van der Waals surface area (Å²) >= 11 is 0. The van der Waals surface area contributed by atoms with Gasteiger partial charge in [0, 0.05) is 0 Å². The predicted octanol–water partition coefficient (Wildman–Crippen LogP) is 0.565. The number of halogens is 2. The van der Waals surface area contributed by atoms with E-state index in [1.165, 1.54) is 11.9 Å². The molecule has 0 atom stereocenters. The Morgan fingerprint density at radius 3 is 2.53 bits per heavy atom. The highest BCUT2D eigenvalue weighted by Crippen LogP contribution is 2.10. The molecule has 0 heterocycles. The smallest absolute Gasteiger partial charge is 0.231 e. The van der Waals surface area contributed by atoms with Crippen molar-refractivity contribution in [3.05, 3.63) is 35.4 Å². The zero-order valence-electron chi connectivity index (χ0n) is 9.24. The molecule has 0 aromatic heterocycles. The average Bonchev–Trinajstić information content (AvgIpc) is 2.20. The molecule has 1 aromatic rings. The molecule has 92 valence electrons. The minimum Gasteiger partial charge on any atom is -0.369 e. The van der Waals surface area contributed by atoms with Gasteiger partial charge in [0.1, 0.15) is 11.6 Å². The van der Waals surface area contributed by atoms with Crippen molar-refractivity contribution >= 4 is 11.7 Å². The van der Waals surface area contributed by atoms with E-state index < -0.39 is 23.3 Å². The van der Waals surface area contributed by atoms with E-state index >= 15 is 0 Å². The maximum absolute atomic E-state index is 13.2. The van der Waals surface area contributed by atoms with Gasteiger partial charge in [-0.2, -0.15) is 0 Å². The molecule has 0 aliphatic carbocycles. The Hall–Kier alpha value is -1.82. The molecule has 6 heteroatoms. The number of hydrogen-bond donors (Lipinski definition) is 1. The summed E-state index contributed by atoms with van der Waals surface area (Å²) in [5, 5.41) is 0. The van der Waals surface area contributed by atoms with Crippen molar-refractivity contribution in [3.8, 4) is 0 Å². The van der Waals surface area contributed by atoms with Crippen LogP contribution >= 0.6 is 0 Å². The third kappa shape index (κ3) is 3.92. The van der Waals surface area contributed by atoms with Crippen LogP contribution in [0, 0.1) is 11.6 Å². The van der Waals surface area contributed by atoms with Crippen LogP contribution in [0.2, 0.25) is 0 Å². The molecule has 17 heavy (non-hydrogen) atoms. The first kappa shape index (κ1) is 13.2. The molecule has 2 N–H and O–H groups in total. The zero-order chi connectivity index (χ0) is 13.0. The second-order valence-corrected chi connectivity index (χ2v) is 3.69. The van der Waals surface area contributed by atoms with Crippen LogP contribution in [-0.2, 0) is 4.79 Å². The number of rotatable bonds is 5. The predicted molar refractivity (Wildman–Crippen MR) is 57.4 cm³/mol. The molecule has 0 spiro atoms. The Bertz CT molecular complexity index is 449. The maximum atomic E-state index is 13.2. The Kier molecular flexibility index (Phi) is 4.28. The van der Waals surface area contributed by atoms with Crippen LogP contribution in [0.25, 0.3) is 0 Å². The summed E-state index contributed by atoms with van der Waals surface area (Å²) in [5.41, 5.74) is 4.60. The standard InChI is InChI=1S/C11H12F2N2O2/c1-15(6-11(14)17)5-10(16)8-4-7(12)2-3-9(8)13/h2-4H,5-6H2,1H3,(H2,14,17). The second kappa shape index (κ2) is 5.49. The fourth-order valence-electron chi connectivity index (χ4n) is 1.36. The van der Waals surface area contributed by atoms with Gasteiger partial charge in [-0.05, 0) is 25.2 Å². The number of primary amides is 1. The Balaban J connectivity index is 2.76. The monoisotopic (exact) mass is 242 g/mol. The second-order valence-electron chi connectivity index (χ2n) is 3.69. The Morgan fingerprint density at radius 1 is 1.29 bits per heavy atom. The number of ketones is 1. The fraction of sp³-hybridized carbons (Fsp3) is 0.273. The third-order valence-electron chi connectivity index (χ3n) is 2.07. The van der Waals surface area contributed by atoms with E-state index in [2.05, 4.69) is 0 Å². The molecule has 0 fully saturated rings. The maximum Gasteiger partial charge on any atom is 0.231 e. The lowest BCUT2D eigenvalue weighted by atomic mass is 10.1. The van der Waals surface area contributed by atoms with Gasteiger partial charge in [-0.1, -0.05) is 0 Å². The van der Waals surface area contributed by atoms with Crippen molar-refractivity contribution in [1.29, 1.82) is 0 Å². The molecule has 0 aliphatic heterocycles. The highest BCUT2D eigenvalue weighted by atomic mass is 19.1. The molecule has 1 amide bonds. The molecule has 0 radical (unpaired) electrons. The number of Topliss-reactive ketones (excluding diaryl/α,β-unsaturated/α-hetero) is 1. The van der Waals surface area contributed by atoms with Gasteiger partial charge in [0.2, 0.25) is 5.91 Å². The first-order valence-corrected chi connectivity index (χ1v) is 4.85. The molecular weight excluding hydrogens is 230 g/mol. The van der Waals surface area contributed by atoms with Gasteiger partial charge in [0.05, 0.1) is 18.7 Å². The number of carbonyl (C=O) groups excluding carboxylic acids is 2. The van der Waals surface area contributed by atoms with E-state index in [9.17, 15) is 18.4 Å². The van der Waals surface area contributed by atoms with Crippen molar-refractivity contribution in [3.63, 3.8) is 0 Å². The number of nitrogens with zero attached hydrogens (tertiary/aromatic N) is 1. The minimum atomic E-state index is -0.788.